The van der Waals surface area contributed by atoms with Crippen LogP contribution in [0.2, 0.25) is 0 Å². The number of aromatic nitrogens is 2. The van der Waals surface area contributed by atoms with Gasteiger partial charge in [-0.25, -0.2) is 0 Å². The zero-order valence-electron chi connectivity index (χ0n) is 10.4. The predicted octanol–water partition coefficient (Wildman–Crippen LogP) is 1.61. The Balaban J connectivity index is 1.92. The van der Waals surface area contributed by atoms with Crippen LogP contribution in [0.5, 0.6) is 0 Å². The van der Waals surface area contributed by atoms with E-state index in [1.54, 1.807) is 0 Å². The Morgan fingerprint density at radius 2 is 2.35 bits per heavy atom. The van der Waals surface area contributed by atoms with E-state index in [0.29, 0.717) is 11.7 Å². The van der Waals surface area contributed by atoms with Crippen LogP contribution < -0.4 is 10.6 Å². The molecule has 1 fully saturated rings. The number of anilines is 1. The largest absolute Gasteiger partial charge is 0.308 e. The highest BCUT2D eigenvalue weighted by Gasteiger charge is 2.21. The van der Waals surface area contributed by atoms with Gasteiger partial charge in [0.25, 0.3) is 0 Å². The van der Waals surface area contributed by atoms with Crippen molar-refractivity contribution < 1.29 is 4.79 Å². The number of hydrogen-bond donors (Lipinski definition) is 3. The van der Waals surface area contributed by atoms with Gasteiger partial charge in [-0.05, 0) is 25.3 Å². The van der Waals surface area contributed by atoms with Crippen LogP contribution in [0.4, 0.5) is 5.82 Å². The van der Waals surface area contributed by atoms with Gasteiger partial charge in [0.05, 0.1) is 6.04 Å². The van der Waals surface area contributed by atoms with Gasteiger partial charge < -0.3 is 10.6 Å². The van der Waals surface area contributed by atoms with Crippen molar-refractivity contribution in [3.63, 3.8) is 0 Å². The van der Waals surface area contributed by atoms with Crippen LogP contribution in [0.1, 0.15) is 44.7 Å². The lowest BCUT2D eigenvalue weighted by atomic mass is 10.0. The maximum atomic E-state index is 11.9. The van der Waals surface area contributed by atoms with Crippen LogP contribution in [0, 0.1) is 0 Å². The molecule has 0 unspecified atom stereocenters. The van der Waals surface area contributed by atoms with Crippen molar-refractivity contribution in [1.29, 1.82) is 0 Å². The molecule has 5 heteroatoms. The molecule has 1 amide bonds. The van der Waals surface area contributed by atoms with E-state index in [2.05, 4.69) is 34.7 Å². The van der Waals surface area contributed by atoms with E-state index < -0.39 is 0 Å². The second-order valence-electron chi connectivity index (χ2n) is 4.85. The maximum Gasteiger partial charge on any atom is 0.242 e. The van der Waals surface area contributed by atoms with E-state index in [4.69, 9.17) is 0 Å². The molecule has 1 aliphatic rings. The molecule has 5 nitrogen and oxygen atoms in total. The van der Waals surface area contributed by atoms with Crippen molar-refractivity contribution in [2.24, 2.45) is 0 Å². The summed E-state index contributed by atoms with van der Waals surface area (Å²) in [5.41, 5.74) is 1.04. The molecule has 0 saturated carbocycles. The molecule has 1 atom stereocenters. The summed E-state index contributed by atoms with van der Waals surface area (Å²) in [4.78, 5) is 11.9. The third-order valence-corrected chi connectivity index (χ3v) is 3.10. The number of nitrogens with zero attached hydrogens (tertiary/aromatic N) is 1. The highest BCUT2D eigenvalue weighted by atomic mass is 16.2. The van der Waals surface area contributed by atoms with Crippen LogP contribution in [0.15, 0.2) is 6.07 Å². The molecule has 2 heterocycles. The molecule has 3 N–H and O–H groups in total. The summed E-state index contributed by atoms with van der Waals surface area (Å²) in [6, 6.07) is 1.83. The van der Waals surface area contributed by atoms with E-state index in [9.17, 15) is 4.79 Å². The SMILES string of the molecule is CC(C)c1cc(NC(=O)[C@H]2CCCCN2)n[nH]1. The van der Waals surface area contributed by atoms with Crippen LogP contribution >= 0.6 is 0 Å². The van der Waals surface area contributed by atoms with Gasteiger partial charge in [0, 0.05) is 11.8 Å². The first-order valence-electron chi connectivity index (χ1n) is 6.26. The molecular weight excluding hydrogens is 216 g/mol. The van der Waals surface area contributed by atoms with Gasteiger partial charge in [-0.15, -0.1) is 0 Å². The summed E-state index contributed by atoms with van der Waals surface area (Å²) >= 11 is 0. The molecular formula is C12H20N4O. The number of carbonyl (C=O) groups is 1. The van der Waals surface area contributed by atoms with E-state index >= 15 is 0 Å². The minimum Gasteiger partial charge on any atom is -0.308 e. The van der Waals surface area contributed by atoms with Crippen LogP contribution in [0.25, 0.3) is 0 Å². The number of aromatic amines is 1. The van der Waals surface area contributed by atoms with E-state index in [1.807, 2.05) is 6.07 Å². The zero-order valence-corrected chi connectivity index (χ0v) is 10.4. The highest BCUT2D eigenvalue weighted by Crippen LogP contribution is 2.15. The van der Waals surface area contributed by atoms with Crippen molar-refractivity contribution >= 4 is 11.7 Å². The Labute approximate surface area is 101 Å². The van der Waals surface area contributed by atoms with Crippen LogP contribution in [-0.4, -0.2) is 28.7 Å². The minimum atomic E-state index is -0.0667. The molecule has 1 aromatic heterocycles. The fourth-order valence-electron chi connectivity index (χ4n) is 1.99. The van der Waals surface area contributed by atoms with Crippen molar-refractivity contribution in [2.45, 2.75) is 45.1 Å². The molecule has 94 valence electrons. The van der Waals surface area contributed by atoms with Gasteiger partial charge in [-0.1, -0.05) is 20.3 Å². The molecule has 2 rings (SSSR count). The van der Waals surface area contributed by atoms with Gasteiger partial charge in [0.1, 0.15) is 0 Å². The molecule has 17 heavy (non-hydrogen) atoms. The number of carbonyl (C=O) groups excluding carboxylic acids is 1. The lowest BCUT2D eigenvalue weighted by Gasteiger charge is -2.21. The second-order valence-corrected chi connectivity index (χ2v) is 4.85. The summed E-state index contributed by atoms with van der Waals surface area (Å²) in [5, 5.41) is 13.1. The Morgan fingerprint density at radius 3 is 2.94 bits per heavy atom. The zero-order chi connectivity index (χ0) is 12.3. The topological polar surface area (TPSA) is 69.8 Å². The Kier molecular flexibility index (Phi) is 3.78. The summed E-state index contributed by atoms with van der Waals surface area (Å²) in [5.74, 6) is 1.03. The number of hydrogen-bond acceptors (Lipinski definition) is 3. The number of rotatable bonds is 3. The van der Waals surface area contributed by atoms with Gasteiger partial charge in [0.2, 0.25) is 5.91 Å². The molecule has 0 aromatic carbocycles. The fraction of sp³-hybridized carbons (Fsp3) is 0.667. The first-order chi connectivity index (χ1) is 8.16. The van der Waals surface area contributed by atoms with Gasteiger partial charge in [-0.2, -0.15) is 5.10 Å². The lowest BCUT2D eigenvalue weighted by Crippen LogP contribution is -2.43. The molecule has 1 saturated heterocycles. The van der Waals surface area contributed by atoms with Crippen molar-refractivity contribution in [3.8, 4) is 0 Å². The lowest BCUT2D eigenvalue weighted by molar-refractivity contribution is -0.118. The maximum absolute atomic E-state index is 11.9. The van der Waals surface area contributed by atoms with Crippen molar-refractivity contribution in [2.75, 3.05) is 11.9 Å². The van der Waals surface area contributed by atoms with Gasteiger partial charge in [-0.3, -0.25) is 9.89 Å². The summed E-state index contributed by atoms with van der Waals surface area (Å²) in [6.45, 7) is 5.10. The standard InChI is InChI=1S/C12H20N4O/c1-8(2)10-7-11(16-15-10)14-12(17)9-5-3-4-6-13-9/h7-9,13H,3-6H2,1-2H3,(H2,14,15,16,17)/t9-/m1/s1. The molecule has 1 aliphatic heterocycles. The average Bonchev–Trinajstić information content (AvgIpc) is 2.79. The normalized spacial score (nSPS) is 20.5. The summed E-state index contributed by atoms with van der Waals surface area (Å²) in [7, 11) is 0. The Bertz CT molecular complexity index is 380. The number of piperidine rings is 1. The quantitative estimate of drug-likeness (QED) is 0.746. The molecule has 0 spiro atoms. The average molecular weight is 236 g/mol. The van der Waals surface area contributed by atoms with Crippen LogP contribution in [0.3, 0.4) is 0 Å². The Hall–Kier alpha value is -1.36. The van der Waals surface area contributed by atoms with Crippen molar-refractivity contribution in [3.05, 3.63) is 11.8 Å². The predicted molar refractivity (Wildman–Crippen MR) is 66.9 cm³/mol. The van der Waals surface area contributed by atoms with Crippen molar-refractivity contribution in [1.82, 2.24) is 15.5 Å². The smallest absolute Gasteiger partial charge is 0.242 e. The van der Waals surface area contributed by atoms with E-state index in [0.717, 1.165) is 31.5 Å². The first kappa shape index (κ1) is 12.1. The third-order valence-electron chi connectivity index (χ3n) is 3.10. The Morgan fingerprint density at radius 1 is 1.53 bits per heavy atom. The number of amides is 1. The monoisotopic (exact) mass is 236 g/mol. The van der Waals surface area contributed by atoms with E-state index in [-0.39, 0.29) is 11.9 Å². The second kappa shape index (κ2) is 5.31. The van der Waals surface area contributed by atoms with E-state index in [1.165, 1.54) is 0 Å². The number of H-pyrrole nitrogens is 1. The molecule has 0 bridgehead atoms. The third kappa shape index (κ3) is 3.06. The van der Waals surface area contributed by atoms with Gasteiger partial charge >= 0.3 is 0 Å². The fourth-order valence-corrected chi connectivity index (χ4v) is 1.99. The minimum absolute atomic E-state index is 0.0199. The van der Waals surface area contributed by atoms with Gasteiger partial charge in [0.15, 0.2) is 5.82 Å². The molecule has 1 aromatic rings. The number of nitrogens with one attached hydrogen (secondary N) is 3. The summed E-state index contributed by atoms with van der Waals surface area (Å²) in [6.07, 6.45) is 3.18. The first-order valence-corrected chi connectivity index (χ1v) is 6.26. The summed E-state index contributed by atoms with van der Waals surface area (Å²) < 4.78 is 0. The molecule has 0 aliphatic carbocycles. The molecule has 0 radical (unpaired) electrons. The highest BCUT2D eigenvalue weighted by molar-refractivity contribution is 5.94. The van der Waals surface area contributed by atoms with Crippen LogP contribution in [-0.2, 0) is 4.79 Å².